The maximum absolute atomic E-state index is 11.8. The molecule has 0 aromatic rings. The monoisotopic (exact) mass is 228 g/mol. The number of nitrogens with one attached hydrogen (secondary N) is 1. The van der Waals surface area contributed by atoms with E-state index in [2.05, 4.69) is 5.32 Å². The Morgan fingerprint density at radius 2 is 1.75 bits per heavy atom. The molecular formula is C11H20N2O3. The van der Waals surface area contributed by atoms with Crippen molar-refractivity contribution >= 4 is 11.8 Å². The predicted octanol–water partition coefficient (Wildman–Crippen LogP) is -0.369. The molecule has 1 atom stereocenters. The number of hydrogen-bond donors (Lipinski definition) is 3. The fourth-order valence-electron chi connectivity index (χ4n) is 2.25. The fourth-order valence-corrected chi connectivity index (χ4v) is 2.25. The quantitative estimate of drug-likeness (QED) is 0.613. The van der Waals surface area contributed by atoms with Gasteiger partial charge in [-0.15, -0.1) is 0 Å². The molecule has 5 heteroatoms. The fraction of sp³-hybridized carbons (Fsp3) is 0.818. The molecule has 4 N–H and O–H groups in total. The Labute approximate surface area is 95.4 Å². The highest BCUT2D eigenvalue weighted by Crippen LogP contribution is 2.68. The third-order valence-electron chi connectivity index (χ3n) is 4.08. The largest absolute Gasteiger partial charge is 0.381 e. The van der Waals surface area contributed by atoms with Crippen LogP contribution < -0.4 is 11.1 Å². The molecule has 92 valence electrons. The molecule has 0 saturated heterocycles. The molecule has 0 bridgehead atoms. The lowest BCUT2D eigenvalue weighted by atomic mass is 10.0. The zero-order valence-electron chi connectivity index (χ0n) is 10.2. The number of nitrogens with two attached hydrogens (primary N) is 1. The van der Waals surface area contributed by atoms with E-state index in [4.69, 9.17) is 10.8 Å². The summed E-state index contributed by atoms with van der Waals surface area (Å²) in [5.74, 6) is -1.04. The van der Waals surface area contributed by atoms with Crippen LogP contribution >= 0.6 is 0 Å². The highest BCUT2D eigenvalue weighted by Gasteiger charge is 2.68. The number of aliphatic hydroxyl groups excluding tert-OH is 1. The summed E-state index contributed by atoms with van der Waals surface area (Å²) in [4.78, 5) is 22.4. The summed E-state index contributed by atoms with van der Waals surface area (Å²) in [5, 5.41) is 11.7. The second-order valence-electron chi connectivity index (χ2n) is 5.54. The van der Waals surface area contributed by atoms with Crippen LogP contribution in [0.25, 0.3) is 0 Å². The molecule has 1 fully saturated rings. The molecule has 1 aliphatic rings. The summed E-state index contributed by atoms with van der Waals surface area (Å²) in [6.45, 7) is 8.00. The van der Waals surface area contributed by atoms with E-state index in [1.165, 1.54) is 0 Å². The van der Waals surface area contributed by atoms with Crippen molar-refractivity contribution in [3.63, 3.8) is 0 Å². The van der Waals surface area contributed by atoms with Crippen LogP contribution in [0.15, 0.2) is 0 Å². The van der Waals surface area contributed by atoms with Crippen molar-refractivity contribution in [2.75, 3.05) is 6.54 Å². The van der Waals surface area contributed by atoms with Crippen molar-refractivity contribution in [1.29, 1.82) is 0 Å². The third kappa shape index (κ3) is 1.91. The molecule has 1 rings (SSSR count). The molecule has 1 aliphatic carbocycles. The van der Waals surface area contributed by atoms with Crippen molar-refractivity contribution in [1.82, 2.24) is 5.32 Å². The second kappa shape index (κ2) is 3.73. The number of rotatable bonds is 4. The zero-order valence-corrected chi connectivity index (χ0v) is 10.2. The molecule has 0 aromatic heterocycles. The summed E-state index contributed by atoms with van der Waals surface area (Å²) in [6, 6.07) is 0. The van der Waals surface area contributed by atoms with Gasteiger partial charge in [0.25, 0.3) is 0 Å². The van der Waals surface area contributed by atoms with Gasteiger partial charge < -0.3 is 16.2 Å². The Kier molecular flexibility index (Phi) is 3.02. The van der Waals surface area contributed by atoms with Gasteiger partial charge >= 0.3 is 0 Å². The van der Waals surface area contributed by atoms with E-state index in [1.54, 1.807) is 0 Å². The van der Waals surface area contributed by atoms with E-state index in [0.29, 0.717) is 0 Å². The van der Waals surface area contributed by atoms with Gasteiger partial charge in [0, 0.05) is 5.92 Å². The van der Waals surface area contributed by atoms with Gasteiger partial charge in [-0.25, -0.2) is 0 Å². The Bertz CT molecular complexity index is 309. The molecule has 16 heavy (non-hydrogen) atoms. The van der Waals surface area contributed by atoms with Gasteiger partial charge in [0.15, 0.2) is 0 Å². The van der Waals surface area contributed by atoms with E-state index in [-0.39, 0.29) is 29.2 Å². The zero-order chi connectivity index (χ0) is 12.7. The van der Waals surface area contributed by atoms with Gasteiger partial charge in [0.05, 0.1) is 6.54 Å². The molecule has 0 heterocycles. The molecule has 2 amide bonds. The van der Waals surface area contributed by atoms with Gasteiger partial charge in [0.2, 0.25) is 11.8 Å². The molecule has 1 saturated carbocycles. The number of carbonyl (C=O) groups excluding carboxylic acids is 2. The third-order valence-corrected chi connectivity index (χ3v) is 4.08. The summed E-state index contributed by atoms with van der Waals surface area (Å²) in [7, 11) is 0. The van der Waals surface area contributed by atoms with Crippen LogP contribution in [-0.4, -0.2) is 29.6 Å². The van der Waals surface area contributed by atoms with E-state index in [9.17, 15) is 9.59 Å². The van der Waals surface area contributed by atoms with E-state index in [1.807, 2.05) is 27.7 Å². The first-order valence-electron chi connectivity index (χ1n) is 5.37. The topological polar surface area (TPSA) is 92.4 Å². The van der Waals surface area contributed by atoms with Crippen LogP contribution in [0.1, 0.15) is 27.7 Å². The molecular weight excluding hydrogens is 208 g/mol. The minimum absolute atomic E-state index is 0.0469. The first kappa shape index (κ1) is 13.0. The van der Waals surface area contributed by atoms with Crippen molar-refractivity contribution in [2.45, 2.75) is 33.8 Å². The Morgan fingerprint density at radius 3 is 2.06 bits per heavy atom. The maximum atomic E-state index is 11.8. The first-order valence-corrected chi connectivity index (χ1v) is 5.37. The number of carbonyl (C=O) groups is 2. The number of hydrogen-bond acceptors (Lipinski definition) is 3. The van der Waals surface area contributed by atoms with Crippen LogP contribution in [0.5, 0.6) is 0 Å². The van der Waals surface area contributed by atoms with Gasteiger partial charge in [-0.2, -0.15) is 0 Å². The predicted molar refractivity (Wildman–Crippen MR) is 59.3 cm³/mol. The summed E-state index contributed by atoms with van der Waals surface area (Å²) in [5.41, 5.74) is 4.79. The standard InChI is InChI=1S/C11H20N2O3/c1-10(2)7(11(10,3)4)9(16)13-5-6(14)8(12)15/h6-7,14H,5H2,1-4H3,(H2,12,15)(H,13,16). The van der Waals surface area contributed by atoms with E-state index in [0.717, 1.165) is 0 Å². The van der Waals surface area contributed by atoms with E-state index >= 15 is 0 Å². The number of aliphatic hydroxyl groups is 1. The van der Waals surface area contributed by atoms with Crippen LogP contribution in [0.2, 0.25) is 0 Å². The minimum atomic E-state index is -1.31. The molecule has 0 aliphatic heterocycles. The molecule has 0 radical (unpaired) electrons. The van der Waals surface area contributed by atoms with E-state index < -0.39 is 12.0 Å². The van der Waals surface area contributed by atoms with Crippen LogP contribution in [0.3, 0.4) is 0 Å². The average molecular weight is 228 g/mol. The highest BCUT2D eigenvalue weighted by atomic mass is 16.3. The second-order valence-corrected chi connectivity index (χ2v) is 5.54. The van der Waals surface area contributed by atoms with Crippen LogP contribution in [-0.2, 0) is 9.59 Å². The van der Waals surface area contributed by atoms with Crippen molar-refractivity contribution in [3.05, 3.63) is 0 Å². The SMILES string of the molecule is CC1(C)C(C(=O)NCC(O)C(N)=O)C1(C)C. The normalized spacial score (nSPS) is 23.6. The maximum Gasteiger partial charge on any atom is 0.248 e. The molecule has 5 nitrogen and oxygen atoms in total. The van der Waals surface area contributed by atoms with Crippen molar-refractivity contribution in [3.8, 4) is 0 Å². The lowest BCUT2D eigenvalue weighted by Gasteiger charge is -2.09. The summed E-state index contributed by atoms with van der Waals surface area (Å²) < 4.78 is 0. The van der Waals surface area contributed by atoms with Crippen LogP contribution in [0, 0.1) is 16.7 Å². The molecule has 0 spiro atoms. The Balaban J connectivity index is 2.48. The Hall–Kier alpha value is -1.10. The molecule has 1 unspecified atom stereocenters. The average Bonchev–Trinajstić information content (AvgIpc) is 2.53. The van der Waals surface area contributed by atoms with Crippen molar-refractivity contribution in [2.24, 2.45) is 22.5 Å². The van der Waals surface area contributed by atoms with Gasteiger partial charge in [0.1, 0.15) is 6.10 Å². The van der Waals surface area contributed by atoms with Crippen molar-refractivity contribution < 1.29 is 14.7 Å². The Morgan fingerprint density at radius 1 is 1.31 bits per heavy atom. The van der Waals surface area contributed by atoms with Gasteiger partial charge in [-0.05, 0) is 10.8 Å². The minimum Gasteiger partial charge on any atom is -0.381 e. The van der Waals surface area contributed by atoms with Gasteiger partial charge in [-0.1, -0.05) is 27.7 Å². The highest BCUT2D eigenvalue weighted by molar-refractivity contribution is 5.85. The lowest BCUT2D eigenvalue weighted by molar-refractivity contribution is -0.127. The summed E-state index contributed by atoms with van der Waals surface area (Å²) >= 11 is 0. The van der Waals surface area contributed by atoms with Crippen LogP contribution in [0.4, 0.5) is 0 Å². The lowest BCUT2D eigenvalue weighted by Crippen LogP contribution is -2.41. The van der Waals surface area contributed by atoms with Gasteiger partial charge in [-0.3, -0.25) is 9.59 Å². The smallest absolute Gasteiger partial charge is 0.248 e. The number of primary amides is 1. The summed E-state index contributed by atoms with van der Waals surface area (Å²) in [6.07, 6.45) is -1.31. The first-order chi connectivity index (χ1) is 7.12. The number of amides is 2. The molecule has 0 aromatic carbocycles.